The van der Waals surface area contributed by atoms with Crippen molar-refractivity contribution in [3.05, 3.63) is 22.7 Å². The van der Waals surface area contributed by atoms with E-state index in [1.807, 2.05) is 0 Å². The highest BCUT2D eigenvalue weighted by Crippen LogP contribution is 2.45. The van der Waals surface area contributed by atoms with E-state index in [9.17, 15) is 29.2 Å². The third kappa shape index (κ3) is 6.64. The van der Waals surface area contributed by atoms with Crippen molar-refractivity contribution in [2.45, 2.75) is 51.2 Å². The highest BCUT2D eigenvalue weighted by Gasteiger charge is 2.62. The van der Waals surface area contributed by atoms with E-state index in [0.717, 1.165) is 10.8 Å². The van der Waals surface area contributed by atoms with Crippen LogP contribution in [0.15, 0.2) is 17.1 Å². The summed E-state index contributed by atoms with van der Waals surface area (Å²) in [5.41, 5.74) is 0.742. The fourth-order valence-corrected chi connectivity index (χ4v) is 4.79. The van der Waals surface area contributed by atoms with E-state index in [0.29, 0.717) is 0 Å². The quantitative estimate of drug-likeness (QED) is 0.155. The molecule has 3 unspecified atom stereocenters. The van der Waals surface area contributed by atoms with Gasteiger partial charge in [0.1, 0.15) is 36.7 Å². The molecule has 1 aromatic heterocycles. The van der Waals surface area contributed by atoms with Crippen LogP contribution in [0.4, 0.5) is 5.82 Å². The Bertz CT molecular complexity index is 992. The Labute approximate surface area is 201 Å². The minimum absolute atomic E-state index is 0.0813. The molecule has 0 bridgehead atoms. The molecule has 1 aliphatic heterocycles. The number of nitrogens with one attached hydrogen (secondary N) is 2. The van der Waals surface area contributed by atoms with Crippen molar-refractivity contribution in [1.29, 1.82) is 0 Å². The summed E-state index contributed by atoms with van der Waals surface area (Å²) in [6, 6.07) is 1.26. The summed E-state index contributed by atoms with van der Waals surface area (Å²) in [5, 5.41) is 27.0. The lowest BCUT2D eigenvalue weighted by molar-refractivity contribution is -0.181. The summed E-state index contributed by atoms with van der Waals surface area (Å²) in [6.07, 6.45) is -1.87. The van der Waals surface area contributed by atoms with Crippen LogP contribution < -0.4 is 21.6 Å². The van der Waals surface area contributed by atoms with Crippen molar-refractivity contribution in [3.8, 4) is 0 Å². The van der Waals surface area contributed by atoms with Gasteiger partial charge >= 0.3 is 25.3 Å². The minimum atomic E-state index is -4.10. The van der Waals surface area contributed by atoms with E-state index in [2.05, 4.69) is 15.2 Å². The van der Waals surface area contributed by atoms with Gasteiger partial charge in [0.25, 0.3) is 0 Å². The average Bonchev–Trinajstić information content (AvgIpc) is 2.95. The number of hydrogen-bond acceptors (Lipinski definition) is 12. The molecule has 2 heterocycles. The summed E-state index contributed by atoms with van der Waals surface area (Å²) in [6.45, 7) is 4.62. The van der Waals surface area contributed by atoms with Crippen LogP contribution in [0.25, 0.3) is 0 Å². The van der Waals surface area contributed by atoms with Gasteiger partial charge in [0.15, 0.2) is 0 Å². The number of nitrogens with zero attached hydrogens (tertiary/aromatic N) is 2. The summed E-state index contributed by atoms with van der Waals surface area (Å²) in [4.78, 5) is 39.3. The Morgan fingerprint density at radius 2 is 1.77 bits per heavy atom. The maximum Gasteiger partial charge on any atom is 0.352 e. The van der Waals surface area contributed by atoms with Crippen LogP contribution in [0.2, 0.25) is 0 Å². The summed E-state index contributed by atoms with van der Waals surface area (Å²) in [7, 11) is -4.10. The number of anilines is 1. The first-order valence-corrected chi connectivity index (χ1v) is 12.4. The summed E-state index contributed by atoms with van der Waals surface area (Å²) < 4.78 is 34.7. The highest BCUT2D eigenvalue weighted by atomic mass is 31.2. The molecule has 1 aliphatic rings. The molecule has 35 heavy (non-hydrogen) atoms. The van der Waals surface area contributed by atoms with Gasteiger partial charge in [0, 0.05) is 6.20 Å². The second-order valence-electron chi connectivity index (χ2n) is 7.97. The molecule has 0 amide bonds. The van der Waals surface area contributed by atoms with Crippen LogP contribution in [0.1, 0.15) is 27.7 Å². The molecule has 1 fully saturated rings. The van der Waals surface area contributed by atoms with Gasteiger partial charge in [-0.1, -0.05) is 0 Å². The zero-order chi connectivity index (χ0) is 26.4. The largest absolute Gasteiger partial charge is 0.465 e. The maximum atomic E-state index is 13.2. The zero-order valence-corrected chi connectivity index (χ0v) is 20.8. The molecular weight excluding hydrogens is 489 g/mol. The lowest BCUT2D eigenvalue weighted by Gasteiger charge is -2.37. The Morgan fingerprint density at radius 1 is 1.23 bits per heavy atom. The molecule has 15 nitrogen and oxygen atoms in total. The third-order valence-electron chi connectivity index (χ3n) is 5.18. The number of aromatic nitrogens is 2. The lowest BCUT2D eigenvalue weighted by Crippen LogP contribution is -2.59. The topological polar surface area (TPSA) is 214 Å². The van der Waals surface area contributed by atoms with Gasteiger partial charge in [-0.3, -0.25) is 18.7 Å². The molecule has 198 valence electrons. The fourth-order valence-electron chi connectivity index (χ4n) is 3.47. The van der Waals surface area contributed by atoms with Gasteiger partial charge in [-0.25, -0.2) is 15.0 Å². The molecule has 0 spiro atoms. The molecule has 1 saturated heterocycles. The van der Waals surface area contributed by atoms with Gasteiger partial charge < -0.3 is 34.7 Å². The average molecular weight is 521 g/mol. The molecule has 0 radical (unpaired) electrons. The SMILES string of the molecule is CCOC(=O)CNP(=O)(NCC(=O)OCC)OCC1OC(C)(C)C(O)(n2ccc(N)nc2=O)C1O. The first-order chi connectivity index (χ1) is 16.3. The molecule has 0 aliphatic carbocycles. The number of nitrogen functional groups attached to an aromatic ring is 1. The van der Waals surface area contributed by atoms with Gasteiger partial charge in [0.2, 0.25) is 5.72 Å². The molecule has 2 rings (SSSR count). The second kappa shape index (κ2) is 11.6. The molecular formula is C19H32N5O10P. The van der Waals surface area contributed by atoms with Crippen LogP contribution >= 0.6 is 7.67 Å². The number of rotatable bonds is 12. The van der Waals surface area contributed by atoms with Gasteiger partial charge in [-0.15, -0.1) is 0 Å². The third-order valence-corrected chi connectivity index (χ3v) is 6.85. The van der Waals surface area contributed by atoms with Crippen molar-refractivity contribution in [3.63, 3.8) is 0 Å². The van der Waals surface area contributed by atoms with Crippen LogP contribution in [0.3, 0.4) is 0 Å². The monoisotopic (exact) mass is 521 g/mol. The highest BCUT2D eigenvalue weighted by molar-refractivity contribution is 7.54. The van der Waals surface area contributed by atoms with Crippen LogP contribution in [0, 0.1) is 0 Å². The number of nitrogens with two attached hydrogens (primary N) is 1. The number of ether oxygens (including phenoxy) is 3. The van der Waals surface area contributed by atoms with Crippen molar-refractivity contribution < 1.29 is 43.1 Å². The molecule has 6 N–H and O–H groups in total. The Hall–Kier alpha value is -2.39. The van der Waals surface area contributed by atoms with Gasteiger partial charge in [0.05, 0.1) is 19.8 Å². The first-order valence-electron chi connectivity index (χ1n) is 10.8. The van der Waals surface area contributed by atoms with E-state index in [-0.39, 0.29) is 19.0 Å². The molecule has 16 heteroatoms. The van der Waals surface area contributed by atoms with Crippen LogP contribution in [-0.2, 0) is 38.6 Å². The zero-order valence-electron chi connectivity index (χ0n) is 19.9. The predicted octanol–water partition coefficient (Wildman–Crippen LogP) is -1.56. The Morgan fingerprint density at radius 3 is 2.26 bits per heavy atom. The van der Waals surface area contributed by atoms with E-state index < -0.39 is 68.5 Å². The fraction of sp³-hybridized carbons (Fsp3) is 0.684. The van der Waals surface area contributed by atoms with Crippen molar-refractivity contribution in [2.24, 2.45) is 0 Å². The number of esters is 2. The normalized spacial score (nSPS) is 23.7. The molecule has 0 aromatic carbocycles. The number of carbonyl (C=O) groups is 2. The van der Waals surface area contributed by atoms with E-state index in [1.165, 1.54) is 19.9 Å². The lowest BCUT2D eigenvalue weighted by atomic mass is 9.90. The smallest absolute Gasteiger partial charge is 0.352 e. The van der Waals surface area contributed by atoms with E-state index in [1.54, 1.807) is 13.8 Å². The van der Waals surface area contributed by atoms with Gasteiger partial charge in [-0.2, -0.15) is 4.98 Å². The Balaban J connectivity index is 2.21. The van der Waals surface area contributed by atoms with Crippen molar-refractivity contribution in [2.75, 3.05) is 38.6 Å². The summed E-state index contributed by atoms with van der Waals surface area (Å²) >= 11 is 0. The maximum absolute atomic E-state index is 13.2. The molecule has 3 atom stereocenters. The standard InChI is InChI=1S/C19H32N5O10P/c1-5-31-14(25)9-21-35(30,22-10-15(26)32-6-2)33-11-12-16(27)19(29,18(3,4)34-12)24-8-7-13(20)23-17(24)28/h7-8,12,16,27,29H,5-6,9-11H2,1-4H3,(H2,20,23,28)(H2,21,22,30). The Kier molecular flexibility index (Phi) is 9.53. The van der Waals surface area contributed by atoms with Gasteiger partial charge in [-0.05, 0) is 33.8 Å². The van der Waals surface area contributed by atoms with Crippen LogP contribution in [-0.4, -0.2) is 82.4 Å². The minimum Gasteiger partial charge on any atom is -0.465 e. The van der Waals surface area contributed by atoms with Crippen molar-refractivity contribution >= 4 is 25.4 Å². The van der Waals surface area contributed by atoms with E-state index in [4.69, 9.17) is 24.5 Å². The molecule has 0 saturated carbocycles. The predicted molar refractivity (Wildman–Crippen MR) is 121 cm³/mol. The van der Waals surface area contributed by atoms with Crippen molar-refractivity contribution in [1.82, 2.24) is 19.7 Å². The summed E-state index contributed by atoms with van der Waals surface area (Å²) in [5.74, 6) is -1.53. The van der Waals surface area contributed by atoms with E-state index >= 15 is 0 Å². The molecule has 1 aromatic rings. The first kappa shape index (κ1) is 28.8. The second-order valence-corrected chi connectivity index (χ2v) is 9.96. The number of aliphatic hydroxyl groups is 2. The number of hydrogen-bond donors (Lipinski definition) is 5. The van der Waals surface area contributed by atoms with Crippen LogP contribution in [0.5, 0.6) is 0 Å². The number of carbonyl (C=O) groups excluding carboxylic acids is 2. The number of aliphatic hydroxyl groups excluding tert-OH is 1.